The van der Waals surface area contributed by atoms with Crippen molar-refractivity contribution in [2.75, 3.05) is 12.8 Å². The van der Waals surface area contributed by atoms with E-state index in [1.54, 1.807) is 24.3 Å². The van der Waals surface area contributed by atoms with E-state index in [0.29, 0.717) is 11.7 Å². The number of amides is 1. The Morgan fingerprint density at radius 3 is 2.50 bits per heavy atom. The van der Waals surface area contributed by atoms with Crippen LogP contribution in [-0.2, 0) is 28.0 Å². The summed E-state index contributed by atoms with van der Waals surface area (Å²) >= 11 is 0. The number of fused-ring (bicyclic) bond motifs is 1. The molecule has 6 nitrogen and oxygen atoms in total. The van der Waals surface area contributed by atoms with E-state index in [1.807, 2.05) is 12.1 Å². The number of carbonyl (C=O) groups excluding carboxylic acids is 1. The van der Waals surface area contributed by atoms with Crippen LogP contribution in [0.15, 0.2) is 48.5 Å². The minimum atomic E-state index is -3.52. The van der Waals surface area contributed by atoms with Crippen molar-refractivity contribution in [2.45, 2.75) is 51.2 Å². The molecule has 1 aliphatic carbocycles. The van der Waals surface area contributed by atoms with E-state index in [4.69, 9.17) is 4.18 Å². The normalized spacial score (nSPS) is 20.9. The zero-order valence-electron chi connectivity index (χ0n) is 19.4. The molecule has 1 saturated carbocycles. The first-order valence-electron chi connectivity index (χ1n) is 11.7. The first-order chi connectivity index (χ1) is 16.2. The van der Waals surface area contributed by atoms with Crippen LogP contribution in [0.1, 0.15) is 48.8 Å². The molecule has 0 spiro atoms. The van der Waals surface area contributed by atoms with E-state index in [2.05, 4.69) is 10.2 Å². The van der Waals surface area contributed by atoms with Gasteiger partial charge in [-0.05, 0) is 91.6 Å². The van der Waals surface area contributed by atoms with Crippen LogP contribution in [0.25, 0.3) is 6.08 Å². The van der Waals surface area contributed by atoms with Crippen LogP contribution in [0, 0.1) is 11.7 Å². The number of hydrogen-bond donors (Lipinski definition) is 1. The summed E-state index contributed by atoms with van der Waals surface area (Å²) in [6.07, 6.45) is 9.53. The molecule has 1 amide bonds. The molecule has 1 N–H and O–H groups in total. The van der Waals surface area contributed by atoms with Gasteiger partial charge in [-0.3, -0.25) is 9.69 Å². The second-order valence-corrected chi connectivity index (χ2v) is 10.9. The highest BCUT2D eigenvalue weighted by molar-refractivity contribution is 7.86. The molecule has 2 aliphatic rings. The average molecular weight is 487 g/mol. The Morgan fingerprint density at radius 1 is 1.09 bits per heavy atom. The van der Waals surface area contributed by atoms with Gasteiger partial charge in [-0.1, -0.05) is 18.2 Å². The fourth-order valence-electron chi connectivity index (χ4n) is 4.78. The molecule has 0 atom stereocenters. The van der Waals surface area contributed by atoms with Crippen LogP contribution in [0.4, 0.5) is 4.39 Å². The van der Waals surface area contributed by atoms with E-state index < -0.39 is 10.1 Å². The van der Waals surface area contributed by atoms with Gasteiger partial charge in [-0.2, -0.15) is 8.42 Å². The van der Waals surface area contributed by atoms with Crippen LogP contribution < -0.4 is 9.50 Å². The van der Waals surface area contributed by atoms with Crippen molar-refractivity contribution in [1.29, 1.82) is 0 Å². The highest BCUT2D eigenvalue weighted by Gasteiger charge is 2.24. The molecular formula is C26H31FN2O4S. The van der Waals surface area contributed by atoms with E-state index in [0.717, 1.165) is 69.1 Å². The molecule has 1 fully saturated rings. The van der Waals surface area contributed by atoms with E-state index >= 15 is 0 Å². The molecule has 1 aliphatic heterocycles. The van der Waals surface area contributed by atoms with Crippen molar-refractivity contribution < 1.29 is 21.8 Å². The summed E-state index contributed by atoms with van der Waals surface area (Å²) in [6.45, 7) is 2.68. The van der Waals surface area contributed by atoms with Crippen molar-refractivity contribution in [3.05, 3.63) is 71.0 Å². The fourth-order valence-corrected chi connectivity index (χ4v) is 5.24. The van der Waals surface area contributed by atoms with Gasteiger partial charge in [0.2, 0.25) is 5.91 Å². The van der Waals surface area contributed by atoms with Crippen molar-refractivity contribution in [3.8, 4) is 5.75 Å². The number of nitrogens with one attached hydrogen (secondary N) is 1. The molecule has 2 aromatic carbocycles. The van der Waals surface area contributed by atoms with E-state index in [1.165, 1.54) is 23.8 Å². The number of hydrogen-bond acceptors (Lipinski definition) is 5. The Morgan fingerprint density at radius 2 is 1.79 bits per heavy atom. The molecule has 0 radical (unpaired) electrons. The lowest BCUT2D eigenvalue weighted by Crippen LogP contribution is -2.37. The summed E-state index contributed by atoms with van der Waals surface area (Å²) in [6, 6.07) is 11.7. The second kappa shape index (κ2) is 10.7. The lowest BCUT2D eigenvalue weighted by molar-refractivity contribution is -0.117. The smallest absolute Gasteiger partial charge is 0.306 e. The number of benzene rings is 2. The van der Waals surface area contributed by atoms with Gasteiger partial charge >= 0.3 is 10.1 Å². The molecule has 4 rings (SSSR count). The molecular weight excluding hydrogens is 455 g/mol. The summed E-state index contributed by atoms with van der Waals surface area (Å²) in [5.74, 6) is 0.620. The predicted molar refractivity (Wildman–Crippen MR) is 130 cm³/mol. The minimum absolute atomic E-state index is 0.109. The SMILES string of the molecule is CS(=O)(=O)Oc1ccc2c(c1)CN(CCC1CCC(NC(=O)/C=C/c3ccc(F)cc3)CC1)C2. The van der Waals surface area contributed by atoms with Crippen LogP contribution in [0.3, 0.4) is 0 Å². The fraction of sp³-hybridized carbons (Fsp3) is 0.423. The first kappa shape index (κ1) is 24.4. The second-order valence-electron chi connectivity index (χ2n) is 9.33. The lowest BCUT2D eigenvalue weighted by Gasteiger charge is -2.30. The highest BCUT2D eigenvalue weighted by atomic mass is 32.2. The first-order valence-corrected chi connectivity index (χ1v) is 13.5. The number of carbonyl (C=O) groups is 1. The maximum atomic E-state index is 13.0. The van der Waals surface area contributed by atoms with E-state index in [-0.39, 0.29) is 17.8 Å². The highest BCUT2D eigenvalue weighted by Crippen LogP contribution is 2.30. The van der Waals surface area contributed by atoms with E-state index in [9.17, 15) is 17.6 Å². The third kappa shape index (κ3) is 7.14. The van der Waals surface area contributed by atoms with Crippen LogP contribution in [0.2, 0.25) is 0 Å². The quantitative estimate of drug-likeness (QED) is 0.446. The topological polar surface area (TPSA) is 75.7 Å². The zero-order valence-corrected chi connectivity index (χ0v) is 20.2. The molecule has 182 valence electrons. The molecule has 0 saturated heterocycles. The molecule has 0 bridgehead atoms. The average Bonchev–Trinajstić information content (AvgIpc) is 3.19. The standard InChI is InChI=1S/C26H31FN2O4S/c1-34(31,32)33-25-12-7-21-17-29(18-22(21)16-25)15-14-20-4-10-24(11-5-20)28-26(30)13-6-19-2-8-23(27)9-3-19/h2-3,6-9,12-13,16,20,24H,4-5,10-11,14-15,17-18H2,1H3,(H,28,30)/b13-6+. The maximum absolute atomic E-state index is 13.0. The summed E-state index contributed by atoms with van der Waals surface area (Å²) in [7, 11) is -3.52. The summed E-state index contributed by atoms with van der Waals surface area (Å²) in [4.78, 5) is 14.6. The molecule has 8 heteroatoms. The van der Waals surface area contributed by atoms with Crippen molar-refractivity contribution in [2.24, 2.45) is 5.92 Å². The third-order valence-electron chi connectivity index (χ3n) is 6.56. The number of halogens is 1. The summed E-state index contributed by atoms with van der Waals surface area (Å²) < 4.78 is 40.7. The number of nitrogens with zero attached hydrogens (tertiary/aromatic N) is 1. The lowest BCUT2D eigenvalue weighted by atomic mass is 9.84. The molecule has 2 aromatic rings. The minimum Gasteiger partial charge on any atom is -0.383 e. The van der Waals surface area contributed by atoms with Gasteiger partial charge in [0.1, 0.15) is 11.6 Å². The Kier molecular flexibility index (Phi) is 7.68. The van der Waals surface area contributed by atoms with Gasteiger partial charge in [0.25, 0.3) is 0 Å². The summed E-state index contributed by atoms with van der Waals surface area (Å²) in [5, 5.41) is 3.09. The Balaban J connectivity index is 1.17. The van der Waals surface area contributed by atoms with Crippen molar-refractivity contribution in [3.63, 3.8) is 0 Å². The van der Waals surface area contributed by atoms with Gasteiger partial charge < -0.3 is 9.50 Å². The Bertz CT molecular complexity index is 1140. The van der Waals surface area contributed by atoms with Crippen LogP contribution in [0.5, 0.6) is 5.75 Å². The Hall–Kier alpha value is -2.71. The van der Waals surface area contributed by atoms with Gasteiger partial charge in [0.05, 0.1) is 6.26 Å². The predicted octanol–water partition coefficient (Wildman–Crippen LogP) is 4.26. The molecule has 34 heavy (non-hydrogen) atoms. The largest absolute Gasteiger partial charge is 0.383 e. The van der Waals surface area contributed by atoms with Gasteiger partial charge in [-0.25, -0.2) is 4.39 Å². The number of rotatable bonds is 8. The van der Waals surface area contributed by atoms with Gasteiger partial charge in [0.15, 0.2) is 0 Å². The zero-order chi connectivity index (χ0) is 24.1. The van der Waals surface area contributed by atoms with Gasteiger partial charge in [0, 0.05) is 25.2 Å². The third-order valence-corrected chi connectivity index (χ3v) is 7.05. The molecule has 1 heterocycles. The van der Waals surface area contributed by atoms with Crippen molar-refractivity contribution in [1.82, 2.24) is 10.2 Å². The van der Waals surface area contributed by atoms with Crippen molar-refractivity contribution >= 4 is 22.1 Å². The monoisotopic (exact) mass is 486 g/mol. The molecule has 0 unspecified atom stereocenters. The summed E-state index contributed by atoms with van der Waals surface area (Å²) in [5.41, 5.74) is 3.14. The Labute approximate surface area is 200 Å². The van der Waals surface area contributed by atoms with Crippen LogP contribution in [-0.4, -0.2) is 38.1 Å². The molecule has 0 aromatic heterocycles. The van der Waals surface area contributed by atoms with Gasteiger partial charge in [-0.15, -0.1) is 0 Å². The van der Waals surface area contributed by atoms with Crippen LogP contribution >= 0.6 is 0 Å². The maximum Gasteiger partial charge on any atom is 0.306 e.